The SMILES string of the molecule is c1ccc(-c2cccc(-c3nc(-c4ccccc4)cc(-c4ccc(-c5cccc6c5sc5c6ccc6c(-c7ccccc7)nc7ccccc7c65)cc4)n3)c2)cc1. The molecule has 0 bridgehead atoms. The Morgan fingerprint density at radius 1 is 0.316 bits per heavy atom. The molecule has 0 unspecified atom stereocenters. The highest BCUT2D eigenvalue weighted by Gasteiger charge is 2.18. The Labute approximate surface area is 334 Å². The maximum Gasteiger partial charge on any atom is 0.160 e. The molecule has 0 aliphatic rings. The van der Waals surface area contributed by atoms with E-state index in [1.54, 1.807) is 0 Å². The predicted octanol–water partition coefficient (Wildman–Crippen LogP) is 14.5. The van der Waals surface area contributed by atoms with Gasteiger partial charge in [0, 0.05) is 58.6 Å². The summed E-state index contributed by atoms with van der Waals surface area (Å²) in [5.74, 6) is 0.702. The lowest BCUT2D eigenvalue weighted by molar-refractivity contribution is 1.18. The van der Waals surface area contributed by atoms with E-state index in [1.807, 2.05) is 23.5 Å². The molecule has 11 rings (SSSR count). The number of hydrogen-bond acceptors (Lipinski definition) is 4. The van der Waals surface area contributed by atoms with Gasteiger partial charge >= 0.3 is 0 Å². The van der Waals surface area contributed by atoms with Gasteiger partial charge in [-0.25, -0.2) is 15.0 Å². The Morgan fingerprint density at radius 2 is 0.860 bits per heavy atom. The lowest BCUT2D eigenvalue weighted by Gasteiger charge is -2.11. The minimum absolute atomic E-state index is 0.702. The minimum Gasteiger partial charge on any atom is -0.247 e. The van der Waals surface area contributed by atoms with Gasteiger partial charge in [0.25, 0.3) is 0 Å². The lowest BCUT2D eigenvalue weighted by atomic mass is 9.97. The Hall–Kier alpha value is -7.27. The van der Waals surface area contributed by atoms with E-state index < -0.39 is 0 Å². The Balaban J connectivity index is 1.03. The molecule has 57 heavy (non-hydrogen) atoms. The quantitative estimate of drug-likeness (QED) is 0.159. The standard InChI is InChI=1S/C53H33N3S/c1-4-14-34(15-5-1)39-20-12-21-40(32-39)53-55-47(36-16-6-2-7-17-36)33-48(56-53)37-28-26-35(27-29-37)41-23-13-24-42-43-30-31-45-49(52(43)57-51(41)42)44-22-10-11-25-46(44)54-50(45)38-18-8-3-9-19-38/h1-33H. The zero-order valence-electron chi connectivity index (χ0n) is 30.8. The average molecular weight is 744 g/mol. The fourth-order valence-electron chi connectivity index (χ4n) is 8.10. The van der Waals surface area contributed by atoms with Gasteiger partial charge in [-0.2, -0.15) is 0 Å². The number of benzene rings is 8. The fourth-order valence-corrected chi connectivity index (χ4v) is 9.50. The predicted molar refractivity (Wildman–Crippen MR) is 240 cm³/mol. The number of aromatic nitrogens is 3. The Bertz CT molecular complexity index is 3260. The van der Waals surface area contributed by atoms with E-state index in [4.69, 9.17) is 15.0 Å². The summed E-state index contributed by atoms with van der Waals surface area (Å²) in [7, 11) is 0. The van der Waals surface area contributed by atoms with Crippen LogP contribution in [0.2, 0.25) is 0 Å². The summed E-state index contributed by atoms with van der Waals surface area (Å²) in [6, 6.07) is 70.6. The summed E-state index contributed by atoms with van der Waals surface area (Å²) in [4.78, 5) is 15.5. The van der Waals surface area contributed by atoms with Crippen molar-refractivity contribution in [2.75, 3.05) is 0 Å². The molecule has 11 aromatic rings. The summed E-state index contributed by atoms with van der Waals surface area (Å²) in [5.41, 5.74) is 12.7. The van der Waals surface area contributed by atoms with Crippen molar-refractivity contribution >= 4 is 53.2 Å². The first-order valence-electron chi connectivity index (χ1n) is 19.2. The van der Waals surface area contributed by atoms with E-state index in [9.17, 15) is 0 Å². The summed E-state index contributed by atoms with van der Waals surface area (Å²) in [6.45, 7) is 0. The number of hydrogen-bond donors (Lipinski definition) is 0. The molecule has 0 N–H and O–H groups in total. The zero-order valence-corrected chi connectivity index (χ0v) is 31.6. The summed E-state index contributed by atoms with van der Waals surface area (Å²) < 4.78 is 2.57. The van der Waals surface area contributed by atoms with E-state index in [0.717, 1.165) is 50.4 Å². The maximum absolute atomic E-state index is 5.19. The van der Waals surface area contributed by atoms with Gasteiger partial charge < -0.3 is 0 Å². The van der Waals surface area contributed by atoms with Crippen molar-refractivity contribution in [3.63, 3.8) is 0 Å². The van der Waals surface area contributed by atoms with Crippen LogP contribution in [0.15, 0.2) is 200 Å². The second kappa shape index (κ2) is 13.8. The fraction of sp³-hybridized carbons (Fsp3) is 0. The van der Waals surface area contributed by atoms with Gasteiger partial charge in [0.2, 0.25) is 0 Å². The lowest BCUT2D eigenvalue weighted by Crippen LogP contribution is -1.96. The number of para-hydroxylation sites is 1. The highest BCUT2D eigenvalue weighted by Crippen LogP contribution is 2.46. The molecule has 0 atom stereocenters. The minimum atomic E-state index is 0.702. The van der Waals surface area contributed by atoms with E-state index in [0.29, 0.717) is 5.82 Å². The second-order valence-corrected chi connectivity index (χ2v) is 15.4. The molecular weight excluding hydrogens is 711 g/mol. The monoisotopic (exact) mass is 743 g/mol. The first-order valence-corrected chi connectivity index (χ1v) is 20.0. The molecule has 0 saturated carbocycles. The van der Waals surface area contributed by atoms with Crippen molar-refractivity contribution in [1.29, 1.82) is 0 Å². The van der Waals surface area contributed by atoms with Crippen LogP contribution in [-0.4, -0.2) is 15.0 Å². The van der Waals surface area contributed by atoms with Crippen molar-refractivity contribution in [3.05, 3.63) is 200 Å². The molecule has 3 aromatic heterocycles. The van der Waals surface area contributed by atoms with Crippen LogP contribution in [0.3, 0.4) is 0 Å². The van der Waals surface area contributed by atoms with Crippen LogP contribution >= 0.6 is 11.3 Å². The third kappa shape index (κ3) is 5.86. The van der Waals surface area contributed by atoms with Gasteiger partial charge in [0.05, 0.1) is 22.6 Å². The van der Waals surface area contributed by atoms with Gasteiger partial charge in [-0.1, -0.05) is 182 Å². The molecule has 0 fully saturated rings. The molecule has 266 valence electrons. The number of nitrogens with zero attached hydrogens (tertiary/aromatic N) is 3. The molecule has 0 saturated heterocycles. The van der Waals surface area contributed by atoms with Gasteiger partial charge in [0.1, 0.15) is 0 Å². The van der Waals surface area contributed by atoms with Crippen LogP contribution in [0.1, 0.15) is 0 Å². The first kappa shape index (κ1) is 33.1. The topological polar surface area (TPSA) is 38.7 Å². The van der Waals surface area contributed by atoms with E-state index >= 15 is 0 Å². The third-order valence-electron chi connectivity index (χ3n) is 10.9. The molecule has 0 radical (unpaired) electrons. The van der Waals surface area contributed by atoms with Gasteiger partial charge in [0.15, 0.2) is 5.82 Å². The third-order valence-corrected chi connectivity index (χ3v) is 12.2. The number of rotatable bonds is 6. The Morgan fingerprint density at radius 3 is 1.61 bits per heavy atom. The molecule has 3 nitrogen and oxygen atoms in total. The molecule has 0 spiro atoms. The molecule has 4 heteroatoms. The van der Waals surface area contributed by atoms with E-state index in [1.165, 1.54) is 53.0 Å². The maximum atomic E-state index is 5.19. The van der Waals surface area contributed by atoms with Crippen LogP contribution in [-0.2, 0) is 0 Å². The van der Waals surface area contributed by atoms with Crippen LogP contribution in [0.5, 0.6) is 0 Å². The van der Waals surface area contributed by atoms with Crippen molar-refractivity contribution < 1.29 is 0 Å². The van der Waals surface area contributed by atoms with Crippen LogP contribution < -0.4 is 0 Å². The average Bonchev–Trinajstić information content (AvgIpc) is 3.69. The molecule has 0 aliphatic heterocycles. The number of thiophene rings is 1. The molecule has 3 heterocycles. The highest BCUT2D eigenvalue weighted by molar-refractivity contribution is 7.27. The van der Waals surface area contributed by atoms with Crippen LogP contribution in [0, 0.1) is 0 Å². The number of fused-ring (bicyclic) bond motifs is 7. The second-order valence-electron chi connectivity index (χ2n) is 14.3. The smallest absolute Gasteiger partial charge is 0.160 e. The van der Waals surface area contributed by atoms with Crippen LogP contribution in [0.4, 0.5) is 0 Å². The van der Waals surface area contributed by atoms with Crippen molar-refractivity contribution in [2.24, 2.45) is 0 Å². The van der Waals surface area contributed by atoms with Crippen LogP contribution in [0.25, 0.3) is 109 Å². The van der Waals surface area contributed by atoms with Gasteiger partial charge in [-0.3, -0.25) is 0 Å². The summed E-state index contributed by atoms with van der Waals surface area (Å²) >= 11 is 1.88. The molecular formula is C53H33N3S. The number of pyridine rings is 1. The molecule has 8 aromatic carbocycles. The van der Waals surface area contributed by atoms with Gasteiger partial charge in [-0.15, -0.1) is 11.3 Å². The largest absolute Gasteiger partial charge is 0.247 e. The molecule has 0 amide bonds. The van der Waals surface area contributed by atoms with Crippen molar-refractivity contribution in [1.82, 2.24) is 15.0 Å². The van der Waals surface area contributed by atoms with Crippen molar-refractivity contribution in [2.45, 2.75) is 0 Å². The molecule has 0 aliphatic carbocycles. The highest BCUT2D eigenvalue weighted by atomic mass is 32.1. The summed E-state index contributed by atoms with van der Waals surface area (Å²) in [6.07, 6.45) is 0. The van der Waals surface area contributed by atoms with E-state index in [2.05, 4.69) is 188 Å². The zero-order chi connectivity index (χ0) is 37.7. The van der Waals surface area contributed by atoms with E-state index in [-0.39, 0.29) is 0 Å². The first-order chi connectivity index (χ1) is 28.2. The normalized spacial score (nSPS) is 11.5. The summed E-state index contributed by atoms with van der Waals surface area (Å²) in [5, 5.41) is 6.17. The van der Waals surface area contributed by atoms with Gasteiger partial charge in [-0.05, 0) is 40.5 Å². The van der Waals surface area contributed by atoms with Crippen molar-refractivity contribution in [3.8, 4) is 67.4 Å². The Kier molecular flexibility index (Phi) is 8.01.